The van der Waals surface area contributed by atoms with Gasteiger partial charge in [0.25, 0.3) is 0 Å². The van der Waals surface area contributed by atoms with Gasteiger partial charge in [-0.3, -0.25) is 4.98 Å². The lowest BCUT2D eigenvalue weighted by Gasteiger charge is -2.17. The first-order valence-corrected chi connectivity index (χ1v) is 7.02. The molecule has 0 fully saturated rings. The Bertz CT molecular complexity index is 576. The Kier molecular flexibility index (Phi) is 4.69. The molecule has 2 N–H and O–H groups in total. The normalized spacial score (nSPS) is 11.8. The summed E-state index contributed by atoms with van der Waals surface area (Å²) in [6.45, 7) is 6.19. The Morgan fingerprint density at radius 3 is 2.45 bits per heavy atom. The first-order chi connectivity index (χ1) is 9.54. The van der Waals surface area contributed by atoms with Crippen molar-refractivity contribution in [1.82, 2.24) is 10.3 Å². The molecule has 1 aromatic heterocycles. The van der Waals surface area contributed by atoms with Crippen LogP contribution in [-0.4, -0.2) is 10.1 Å². The van der Waals surface area contributed by atoms with Gasteiger partial charge in [-0.25, -0.2) is 0 Å². The predicted octanol–water partition coefficient (Wildman–Crippen LogP) is 3.75. The van der Waals surface area contributed by atoms with Gasteiger partial charge >= 0.3 is 0 Å². The topological polar surface area (TPSA) is 37.0 Å². The monoisotopic (exact) mass is 285 g/mol. The summed E-state index contributed by atoms with van der Waals surface area (Å²) in [6.07, 6.45) is 1.79. The smallest absolute Gasteiger partial charge is 0.171 e. The molecule has 1 heterocycles. The van der Waals surface area contributed by atoms with E-state index in [1.165, 1.54) is 11.1 Å². The van der Waals surface area contributed by atoms with Crippen molar-refractivity contribution in [2.24, 2.45) is 0 Å². The maximum absolute atomic E-state index is 5.35. The summed E-state index contributed by atoms with van der Waals surface area (Å²) in [5.41, 5.74) is 4.41. The second-order valence-corrected chi connectivity index (χ2v) is 5.36. The molecule has 20 heavy (non-hydrogen) atoms. The molecular formula is C16H19N3S. The number of thiocarbonyl (C=S) groups is 1. The van der Waals surface area contributed by atoms with E-state index < -0.39 is 0 Å². The number of pyridine rings is 1. The second-order valence-electron chi connectivity index (χ2n) is 4.95. The molecule has 0 unspecified atom stereocenters. The van der Waals surface area contributed by atoms with Crippen LogP contribution in [0.25, 0.3) is 0 Å². The van der Waals surface area contributed by atoms with Crippen LogP contribution in [-0.2, 0) is 0 Å². The Morgan fingerprint density at radius 2 is 1.85 bits per heavy atom. The second kappa shape index (κ2) is 6.48. The molecule has 0 amide bonds. The van der Waals surface area contributed by atoms with Gasteiger partial charge in [0.05, 0.1) is 11.7 Å². The zero-order valence-electron chi connectivity index (χ0n) is 12.0. The van der Waals surface area contributed by atoms with Crippen LogP contribution in [0, 0.1) is 13.8 Å². The van der Waals surface area contributed by atoms with Crippen molar-refractivity contribution in [3.63, 3.8) is 0 Å². The van der Waals surface area contributed by atoms with E-state index in [1.807, 2.05) is 25.1 Å². The fourth-order valence-electron chi connectivity index (χ4n) is 2.12. The Labute approximate surface area is 125 Å². The lowest BCUT2D eigenvalue weighted by atomic mass is 10.1. The third-order valence-electron chi connectivity index (χ3n) is 2.96. The van der Waals surface area contributed by atoms with Crippen molar-refractivity contribution >= 4 is 23.0 Å². The molecule has 1 atom stereocenters. The molecule has 3 nitrogen and oxygen atoms in total. The predicted molar refractivity (Wildman–Crippen MR) is 87.9 cm³/mol. The van der Waals surface area contributed by atoms with Crippen LogP contribution in [0.3, 0.4) is 0 Å². The number of aromatic nitrogens is 1. The average molecular weight is 285 g/mol. The van der Waals surface area contributed by atoms with Crippen LogP contribution < -0.4 is 10.6 Å². The molecule has 0 spiro atoms. The molecule has 0 saturated heterocycles. The molecule has 0 radical (unpaired) electrons. The maximum Gasteiger partial charge on any atom is 0.171 e. The summed E-state index contributed by atoms with van der Waals surface area (Å²) in [6, 6.07) is 12.2. The fraction of sp³-hybridized carbons (Fsp3) is 0.250. The van der Waals surface area contributed by atoms with Gasteiger partial charge in [-0.2, -0.15) is 0 Å². The van der Waals surface area contributed by atoms with Crippen molar-refractivity contribution in [2.45, 2.75) is 26.8 Å². The van der Waals surface area contributed by atoms with Gasteiger partial charge in [0.2, 0.25) is 0 Å². The van der Waals surface area contributed by atoms with E-state index in [0.717, 1.165) is 11.4 Å². The first kappa shape index (κ1) is 14.5. The average Bonchev–Trinajstić information content (AvgIpc) is 2.38. The van der Waals surface area contributed by atoms with Gasteiger partial charge in [-0.1, -0.05) is 12.1 Å². The minimum Gasteiger partial charge on any atom is -0.354 e. The zero-order chi connectivity index (χ0) is 14.5. The first-order valence-electron chi connectivity index (χ1n) is 6.61. The zero-order valence-corrected chi connectivity index (χ0v) is 12.8. The van der Waals surface area contributed by atoms with Crippen molar-refractivity contribution in [3.8, 4) is 0 Å². The van der Waals surface area contributed by atoms with Crippen molar-refractivity contribution < 1.29 is 0 Å². The number of rotatable bonds is 3. The van der Waals surface area contributed by atoms with E-state index in [2.05, 4.69) is 47.7 Å². The number of nitrogens with one attached hydrogen (secondary N) is 2. The van der Waals surface area contributed by atoms with E-state index >= 15 is 0 Å². The van der Waals surface area contributed by atoms with Gasteiger partial charge in [0.1, 0.15) is 0 Å². The van der Waals surface area contributed by atoms with Gasteiger partial charge < -0.3 is 10.6 Å². The highest BCUT2D eigenvalue weighted by molar-refractivity contribution is 7.80. The summed E-state index contributed by atoms with van der Waals surface area (Å²) in [5.74, 6) is 0. The molecule has 0 bridgehead atoms. The molecule has 4 heteroatoms. The summed E-state index contributed by atoms with van der Waals surface area (Å²) >= 11 is 5.35. The lowest BCUT2D eigenvalue weighted by Crippen LogP contribution is -2.31. The Morgan fingerprint density at radius 1 is 1.15 bits per heavy atom. The molecular weight excluding hydrogens is 266 g/mol. The molecule has 1 aromatic carbocycles. The van der Waals surface area contributed by atoms with Crippen molar-refractivity contribution in [2.75, 3.05) is 5.32 Å². The van der Waals surface area contributed by atoms with Crippen LogP contribution in [0.2, 0.25) is 0 Å². The van der Waals surface area contributed by atoms with Crippen LogP contribution in [0.15, 0.2) is 42.6 Å². The largest absolute Gasteiger partial charge is 0.354 e. The highest BCUT2D eigenvalue weighted by Crippen LogP contribution is 2.14. The van der Waals surface area contributed by atoms with Crippen molar-refractivity contribution in [1.29, 1.82) is 0 Å². The number of anilines is 1. The van der Waals surface area contributed by atoms with Crippen LogP contribution in [0.1, 0.15) is 29.8 Å². The van der Waals surface area contributed by atoms with Crippen molar-refractivity contribution in [3.05, 3.63) is 59.4 Å². The number of hydrogen-bond donors (Lipinski definition) is 2. The van der Waals surface area contributed by atoms with Crippen LogP contribution >= 0.6 is 12.2 Å². The molecule has 0 aliphatic carbocycles. The van der Waals surface area contributed by atoms with Crippen LogP contribution in [0.4, 0.5) is 5.69 Å². The highest BCUT2D eigenvalue weighted by Gasteiger charge is 2.08. The van der Waals surface area contributed by atoms with E-state index in [0.29, 0.717) is 5.11 Å². The maximum atomic E-state index is 5.35. The number of hydrogen-bond acceptors (Lipinski definition) is 2. The number of aryl methyl sites for hydroxylation is 2. The number of nitrogens with zero attached hydrogens (tertiary/aromatic N) is 1. The highest BCUT2D eigenvalue weighted by atomic mass is 32.1. The molecule has 0 aliphatic heterocycles. The quantitative estimate of drug-likeness (QED) is 0.842. The third-order valence-corrected chi connectivity index (χ3v) is 3.18. The number of benzene rings is 1. The minimum absolute atomic E-state index is 0.0714. The van der Waals surface area contributed by atoms with Gasteiger partial charge in [-0.05, 0) is 68.4 Å². The lowest BCUT2D eigenvalue weighted by molar-refractivity contribution is 0.696. The van der Waals surface area contributed by atoms with Crippen LogP contribution in [0.5, 0.6) is 0 Å². The third kappa shape index (κ3) is 4.03. The molecule has 2 aromatic rings. The summed E-state index contributed by atoms with van der Waals surface area (Å²) < 4.78 is 0. The molecule has 104 valence electrons. The SMILES string of the molecule is Cc1cc(C)cc(NC(=S)N[C@H](C)c2ccccn2)c1. The van der Waals surface area contributed by atoms with E-state index in [4.69, 9.17) is 12.2 Å². The molecule has 0 aliphatic rings. The standard InChI is InChI=1S/C16H19N3S/c1-11-8-12(2)10-14(9-11)19-16(20)18-13(3)15-6-4-5-7-17-15/h4-10,13H,1-3H3,(H2,18,19,20)/t13-/m1/s1. The minimum atomic E-state index is 0.0714. The fourth-order valence-corrected chi connectivity index (χ4v) is 2.41. The van der Waals surface area contributed by atoms with Gasteiger partial charge in [0.15, 0.2) is 5.11 Å². The summed E-state index contributed by atoms with van der Waals surface area (Å²) in [5, 5.41) is 7.06. The Hall–Kier alpha value is -1.94. The summed E-state index contributed by atoms with van der Waals surface area (Å²) in [4.78, 5) is 4.32. The van der Waals surface area contributed by atoms with E-state index in [9.17, 15) is 0 Å². The van der Waals surface area contributed by atoms with Gasteiger partial charge in [0, 0.05) is 11.9 Å². The molecule has 0 saturated carbocycles. The van der Waals surface area contributed by atoms with E-state index in [1.54, 1.807) is 6.20 Å². The van der Waals surface area contributed by atoms with Gasteiger partial charge in [-0.15, -0.1) is 0 Å². The Balaban J connectivity index is 1.99. The molecule has 2 rings (SSSR count). The summed E-state index contributed by atoms with van der Waals surface area (Å²) in [7, 11) is 0. The van der Waals surface area contributed by atoms with E-state index in [-0.39, 0.29) is 6.04 Å².